The number of anilines is 1. The van der Waals surface area contributed by atoms with Gasteiger partial charge < -0.3 is 15.2 Å². The second-order valence-electron chi connectivity index (χ2n) is 5.21. The Hall–Kier alpha value is -2.50. The summed E-state index contributed by atoms with van der Waals surface area (Å²) in [6.45, 7) is 1.92. The van der Waals surface area contributed by atoms with E-state index in [1.54, 1.807) is 23.9 Å². The SMILES string of the molecule is COc1ccc([C@@H]2CC(=O)Nc3c2c(C)nn3C)cc1O. The van der Waals surface area contributed by atoms with Gasteiger partial charge in [-0.05, 0) is 24.6 Å². The Bertz CT molecular complexity index is 721. The molecule has 6 heteroatoms. The van der Waals surface area contributed by atoms with Crippen LogP contribution in [-0.2, 0) is 11.8 Å². The number of phenols is 1. The van der Waals surface area contributed by atoms with E-state index in [2.05, 4.69) is 10.4 Å². The fourth-order valence-corrected chi connectivity index (χ4v) is 2.92. The van der Waals surface area contributed by atoms with Gasteiger partial charge in [-0.15, -0.1) is 0 Å². The monoisotopic (exact) mass is 287 g/mol. The zero-order valence-electron chi connectivity index (χ0n) is 12.2. The van der Waals surface area contributed by atoms with Gasteiger partial charge in [-0.25, -0.2) is 0 Å². The van der Waals surface area contributed by atoms with Crippen LogP contribution in [0.2, 0.25) is 0 Å². The van der Waals surface area contributed by atoms with Gasteiger partial charge in [0.25, 0.3) is 0 Å². The molecule has 1 aliphatic heterocycles. The fraction of sp³-hybridized carbons (Fsp3) is 0.333. The Morgan fingerprint density at radius 2 is 2.24 bits per heavy atom. The van der Waals surface area contributed by atoms with Gasteiger partial charge in [0.15, 0.2) is 11.5 Å². The topological polar surface area (TPSA) is 76.4 Å². The standard InChI is InChI=1S/C15H17N3O3/c1-8-14-10(7-13(20)16-15(14)18(2)17-8)9-4-5-12(21-3)11(19)6-9/h4-6,10,19H,7H2,1-3H3,(H,16,20)/t10-/m0/s1. The minimum Gasteiger partial charge on any atom is -0.504 e. The van der Waals surface area contributed by atoms with E-state index in [0.717, 1.165) is 22.6 Å². The van der Waals surface area contributed by atoms with Crippen molar-refractivity contribution in [3.8, 4) is 11.5 Å². The number of fused-ring (bicyclic) bond motifs is 1. The number of nitrogens with one attached hydrogen (secondary N) is 1. The molecule has 0 radical (unpaired) electrons. The zero-order valence-corrected chi connectivity index (χ0v) is 12.2. The Balaban J connectivity index is 2.11. The van der Waals surface area contributed by atoms with E-state index in [0.29, 0.717) is 12.2 Å². The van der Waals surface area contributed by atoms with Crippen LogP contribution in [0.3, 0.4) is 0 Å². The minimum absolute atomic E-state index is 0.0502. The van der Waals surface area contributed by atoms with Crippen molar-refractivity contribution in [1.29, 1.82) is 0 Å². The van der Waals surface area contributed by atoms with Gasteiger partial charge in [0.2, 0.25) is 5.91 Å². The van der Waals surface area contributed by atoms with Crippen LogP contribution < -0.4 is 10.1 Å². The van der Waals surface area contributed by atoms with Crippen LogP contribution in [0.4, 0.5) is 5.82 Å². The lowest BCUT2D eigenvalue weighted by Gasteiger charge is -2.24. The molecule has 0 spiro atoms. The Labute approximate surface area is 122 Å². The van der Waals surface area contributed by atoms with Gasteiger partial charge in [0, 0.05) is 24.9 Å². The number of nitrogens with zero attached hydrogens (tertiary/aromatic N) is 2. The van der Waals surface area contributed by atoms with E-state index in [1.807, 2.05) is 13.0 Å². The number of aromatic hydroxyl groups is 1. The molecule has 0 saturated carbocycles. The molecular weight excluding hydrogens is 270 g/mol. The Morgan fingerprint density at radius 1 is 1.48 bits per heavy atom. The molecule has 0 aliphatic carbocycles. The summed E-state index contributed by atoms with van der Waals surface area (Å²) in [4.78, 5) is 11.9. The molecule has 2 heterocycles. The van der Waals surface area contributed by atoms with E-state index in [4.69, 9.17) is 4.74 Å². The molecule has 0 bridgehead atoms. The minimum atomic E-state index is -0.112. The van der Waals surface area contributed by atoms with Crippen LogP contribution in [-0.4, -0.2) is 27.9 Å². The van der Waals surface area contributed by atoms with E-state index >= 15 is 0 Å². The van der Waals surface area contributed by atoms with Crippen LogP contribution >= 0.6 is 0 Å². The summed E-state index contributed by atoms with van der Waals surface area (Å²) in [5.41, 5.74) is 2.76. The van der Waals surface area contributed by atoms with E-state index in [1.165, 1.54) is 7.11 Å². The van der Waals surface area contributed by atoms with Gasteiger partial charge in [-0.3, -0.25) is 9.48 Å². The number of aryl methyl sites for hydroxylation is 2. The van der Waals surface area contributed by atoms with Gasteiger partial charge in [0.05, 0.1) is 12.8 Å². The third-order valence-electron chi connectivity index (χ3n) is 3.87. The fourth-order valence-electron chi connectivity index (χ4n) is 2.92. The Kier molecular flexibility index (Phi) is 3.08. The maximum Gasteiger partial charge on any atom is 0.226 e. The lowest BCUT2D eigenvalue weighted by molar-refractivity contribution is -0.116. The molecule has 0 fully saturated rings. The van der Waals surface area contributed by atoms with Crippen molar-refractivity contribution in [2.24, 2.45) is 7.05 Å². The van der Waals surface area contributed by atoms with Crippen molar-refractivity contribution in [2.45, 2.75) is 19.3 Å². The second-order valence-corrected chi connectivity index (χ2v) is 5.21. The number of rotatable bonds is 2. The number of benzene rings is 1. The molecular formula is C15H17N3O3. The molecule has 0 unspecified atom stereocenters. The van der Waals surface area contributed by atoms with Crippen molar-refractivity contribution in [3.05, 3.63) is 35.0 Å². The van der Waals surface area contributed by atoms with Crippen LogP contribution in [0.25, 0.3) is 0 Å². The predicted octanol–water partition coefficient (Wildman–Crippen LogP) is 1.92. The molecule has 2 aromatic rings. The average Bonchev–Trinajstić information content (AvgIpc) is 2.73. The quantitative estimate of drug-likeness (QED) is 0.884. The third kappa shape index (κ3) is 2.12. The number of hydrogen-bond donors (Lipinski definition) is 2. The first-order valence-electron chi connectivity index (χ1n) is 6.71. The van der Waals surface area contributed by atoms with Crippen molar-refractivity contribution in [1.82, 2.24) is 9.78 Å². The van der Waals surface area contributed by atoms with Crippen molar-refractivity contribution >= 4 is 11.7 Å². The zero-order chi connectivity index (χ0) is 15.1. The highest BCUT2D eigenvalue weighted by Gasteiger charge is 2.31. The number of carbonyl (C=O) groups excluding carboxylic acids is 1. The summed E-state index contributed by atoms with van der Waals surface area (Å²) in [7, 11) is 3.31. The average molecular weight is 287 g/mol. The molecule has 1 aromatic heterocycles. The Morgan fingerprint density at radius 3 is 2.90 bits per heavy atom. The highest BCUT2D eigenvalue weighted by molar-refractivity contribution is 5.94. The largest absolute Gasteiger partial charge is 0.504 e. The first kappa shape index (κ1) is 13.5. The molecule has 2 N–H and O–H groups in total. The van der Waals surface area contributed by atoms with E-state index in [9.17, 15) is 9.90 Å². The summed E-state index contributed by atoms with van der Waals surface area (Å²) in [5, 5.41) is 17.2. The van der Waals surface area contributed by atoms with Crippen molar-refractivity contribution < 1.29 is 14.6 Å². The van der Waals surface area contributed by atoms with Crippen LogP contribution in [0, 0.1) is 6.92 Å². The first-order chi connectivity index (χ1) is 10.0. The molecule has 1 aliphatic rings. The lowest BCUT2D eigenvalue weighted by atomic mass is 9.85. The molecule has 1 aromatic carbocycles. The molecule has 1 amide bonds. The summed E-state index contributed by atoms with van der Waals surface area (Å²) in [6.07, 6.45) is 0.339. The van der Waals surface area contributed by atoms with Gasteiger partial charge >= 0.3 is 0 Å². The van der Waals surface area contributed by atoms with Crippen molar-refractivity contribution in [2.75, 3.05) is 12.4 Å². The third-order valence-corrected chi connectivity index (χ3v) is 3.87. The summed E-state index contributed by atoms with van der Waals surface area (Å²) >= 11 is 0. The van der Waals surface area contributed by atoms with E-state index in [-0.39, 0.29) is 17.6 Å². The summed E-state index contributed by atoms with van der Waals surface area (Å²) < 4.78 is 6.74. The van der Waals surface area contributed by atoms with Gasteiger partial charge in [0.1, 0.15) is 5.82 Å². The molecule has 6 nitrogen and oxygen atoms in total. The van der Waals surface area contributed by atoms with Gasteiger partial charge in [-0.2, -0.15) is 5.10 Å². The maximum absolute atomic E-state index is 11.9. The van der Waals surface area contributed by atoms with E-state index < -0.39 is 0 Å². The second kappa shape index (κ2) is 4.80. The molecule has 0 saturated heterocycles. The number of phenolic OH excluding ortho intramolecular Hbond substituents is 1. The first-order valence-corrected chi connectivity index (χ1v) is 6.71. The normalized spacial score (nSPS) is 17.3. The van der Waals surface area contributed by atoms with Gasteiger partial charge in [-0.1, -0.05) is 6.07 Å². The number of hydrogen-bond acceptors (Lipinski definition) is 4. The van der Waals surface area contributed by atoms with Crippen LogP contribution in [0.1, 0.15) is 29.2 Å². The summed E-state index contributed by atoms with van der Waals surface area (Å²) in [6, 6.07) is 5.24. The smallest absolute Gasteiger partial charge is 0.226 e. The molecule has 21 heavy (non-hydrogen) atoms. The predicted molar refractivity (Wildman–Crippen MR) is 77.7 cm³/mol. The number of ether oxygens (including phenoxy) is 1. The maximum atomic E-state index is 11.9. The van der Waals surface area contributed by atoms with Crippen LogP contribution in [0.5, 0.6) is 11.5 Å². The molecule has 3 rings (SSSR count). The number of carbonyl (C=O) groups is 1. The molecule has 1 atom stereocenters. The lowest BCUT2D eigenvalue weighted by Crippen LogP contribution is -2.24. The van der Waals surface area contributed by atoms with Crippen LogP contribution in [0.15, 0.2) is 18.2 Å². The number of aromatic nitrogens is 2. The number of amides is 1. The number of methoxy groups -OCH3 is 1. The highest BCUT2D eigenvalue weighted by atomic mass is 16.5. The summed E-state index contributed by atoms with van der Waals surface area (Å²) in [5.74, 6) is 1.06. The molecule has 110 valence electrons. The van der Waals surface area contributed by atoms with Crippen molar-refractivity contribution in [3.63, 3.8) is 0 Å². The highest BCUT2D eigenvalue weighted by Crippen LogP contribution is 2.40.